The van der Waals surface area contributed by atoms with E-state index in [0.717, 1.165) is 53.9 Å². The van der Waals surface area contributed by atoms with Crippen LogP contribution in [0.25, 0.3) is 22.1 Å². The van der Waals surface area contributed by atoms with Gasteiger partial charge >= 0.3 is 0 Å². The Hall–Kier alpha value is -2.33. The van der Waals surface area contributed by atoms with E-state index in [4.69, 9.17) is 19.2 Å². The van der Waals surface area contributed by atoms with Gasteiger partial charge in [0.1, 0.15) is 12.1 Å². The highest BCUT2D eigenvalue weighted by molar-refractivity contribution is 7.15. The number of aromatic nitrogens is 4. The van der Waals surface area contributed by atoms with Crippen molar-refractivity contribution < 1.29 is 14.2 Å². The number of likely N-dealkylation sites (tertiary alicyclic amines) is 1. The quantitative estimate of drug-likeness (QED) is 0.542. The Morgan fingerprint density at radius 1 is 1.24 bits per heavy atom. The summed E-state index contributed by atoms with van der Waals surface area (Å²) >= 11 is 1.70. The lowest BCUT2D eigenvalue weighted by molar-refractivity contribution is -0.141. The summed E-state index contributed by atoms with van der Waals surface area (Å²) in [6.07, 6.45) is 2.62. The first kappa shape index (κ1) is 22.2. The largest absolute Gasteiger partial charge is 0.492 e. The topological polar surface area (TPSA) is 74.5 Å². The summed E-state index contributed by atoms with van der Waals surface area (Å²) in [6, 6.07) is 6.89. The molecular formula is C25H31N5O3S. The summed E-state index contributed by atoms with van der Waals surface area (Å²) in [6.45, 7) is 12.5. The molecular weight excluding hydrogens is 450 g/mol. The molecule has 0 saturated carbocycles. The molecule has 3 aromatic rings. The molecule has 1 atom stereocenters. The maximum Gasteiger partial charge on any atom is 0.187 e. The minimum absolute atomic E-state index is 0.158. The molecule has 2 fully saturated rings. The van der Waals surface area contributed by atoms with Crippen LogP contribution in [0.1, 0.15) is 50.1 Å². The predicted molar refractivity (Wildman–Crippen MR) is 130 cm³/mol. The third-order valence-corrected chi connectivity index (χ3v) is 7.87. The van der Waals surface area contributed by atoms with Gasteiger partial charge in [0.05, 0.1) is 25.0 Å². The molecule has 6 rings (SSSR count). The number of nitrogens with zero attached hydrogens (tertiary/aromatic N) is 5. The lowest BCUT2D eigenvalue weighted by Gasteiger charge is -2.40. The molecule has 1 aromatic carbocycles. The average Bonchev–Trinajstić information content (AvgIpc) is 3.46. The van der Waals surface area contributed by atoms with Crippen LogP contribution in [0.3, 0.4) is 0 Å². The Labute approximate surface area is 203 Å². The zero-order valence-corrected chi connectivity index (χ0v) is 21.0. The van der Waals surface area contributed by atoms with Gasteiger partial charge in [-0.25, -0.2) is 14.6 Å². The van der Waals surface area contributed by atoms with Crippen molar-refractivity contribution in [3.05, 3.63) is 35.0 Å². The maximum atomic E-state index is 6.18. The highest BCUT2D eigenvalue weighted by Crippen LogP contribution is 2.42. The maximum absolute atomic E-state index is 6.18. The molecule has 1 unspecified atom stereocenters. The Morgan fingerprint density at radius 2 is 2.09 bits per heavy atom. The number of hydrogen-bond acceptors (Lipinski definition) is 8. The van der Waals surface area contributed by atoms with Crippen LogP contribution in [0, 0.1) is 0 Å². The number of thiazole rings is 1. The summed E-state index contributed by atoms with van der Waals surface area (Å²) in [7, 11) is 0. The van der Waals surface area contributed by atoms with Crippen molar-refractivity contribution in [2.24, 2.45) is 0 Å². The smallest absolute Gasteiger partial charge is 0.187 e. The molecule has 8 nitrogen and oxygen atoms in total. The molecule has 0 aliphatic carbocycles. The molecule has 0 amide bonds. The first-order chi connectivity index (χ1) is 16.4. The Morgan fingerprint density at radius 3 is 2.85 bits per heavy atom. The number of ether oxygens (including phenoxy) is 3. The van der Waals surface area contributed by atoms with E-state index in [0.29, 0.717) is 19.1 Å². The van der Waals surface area contributed by atoms with Gasteiger partial charge in [-0.15, -0.1) is 11.3 Å². The zero-order valence-electron chi connectivity index (χ0n) is 20.2. The summed E-state index contributed by atoms with van der Waals surface area (Å²) < 4.78 is 19.8. The monoisotopic (exact) mass is 481 g/mol. The van der Waals surface area contributed by atoms with Gasteiger partial charge in [0.2, 0.25) is 0 Å². The first-order valence-corrected chi connectivity index (χ1v) is 12.9. The van der Waals surface area contributed by atoms with Crippen LogP contribution in [0.5, 0.6) is 5.75 Å². The molecule has 0 spiro atoms. The summed E-state index contributed by atoms with van der Waals surface area (Å²) in [5, 5.41) is 5.30. The molecule has 0 bridgehead atoms. The van der Waals surface area contributed by atoms with Gasteiger partial charge in [-0.2, -0.15) is 5.10 Å². The second-order valence-corrected chi connectivity index (χ2v) is 11.2. The second kappa shape index (κ2) is 8.41. The molecule has 0 radical (unpaired) electrons. The highest BCUT2D eigenvalue weighted by atomic mass is 32.1. The van der Waals surface area contributed by atoms with Crippen molar-refractivity contribution in [1.29, 1.82) is 0 Å². The normalized spacial score (nSPS) is 22.2. The fraction of sp³-hybridized carbons (Fsp3) is 0.560. The van der Waals surface area contributed by atoms with E-state index >= 15 is 0 Å². The number of rotatable bonds is 5. The standard InChI is InChI=1S/C25H31N5O3S/c1-15(2)30-23(26-14-27-30)24-28-22-19-6-5-16(9-20(19)31-8-7-21(22)34-24)17-10-29(11-17)12-18-13-32-25(3,4)33-18/h5-6,9,14-15,17-18H,7-8,10-13H2,1-4H3. The van der Waals surface area contributed by atoms with Crippen molar-refractivity contribution in [3.63, 3.8) is 0 Å². The van der Waals surface area contributed by atoms with E-state index < -0.39 is 5.79 Å². The minimum atomic E-state index is -0.456. The molecule has 3 aliphatic rings. The van der Waals surface area contributed by atoms with Crippen LogP contribution in [0.4, 0.5) is 0 Å². The molecule has 0 N–H and O–H groups in total. The number of hydrogen-bond donors (Lipinski definition) is 0. The zero-order chi connectivity index (χ0) is 23.4. The Balaban J connectivity index is 1.19. The van der Waals surface area contributed by atoms with Crippen LogP contribution in [0.15, 0.2) is 24.5 Å². The van der Waals surface area contributed by atoms with Crippen LogP contribution in [-0.4, -0.2) is 69.4 Å². The molecule has 9 heteroatoms. The third kappa shape index (κ3) is 4.04. The molecule has 180 valence electrons. The third-order valence-electron chi connectivity index (χ3n) is 6.76. The summed E-state index contributed by atoms with van der Waals surface area (Å²) in [5.74, 6) is 1.83. The molecule has 34 heavy (non-hydrogen) atoms. The van der Waals surface area contributed by atoms with Gasteiger partial charge in [0.25, 0.3) is 0 Å². The Kier molecular flexibility index (Phi) is 5.48. The van der Waals surface area contributed by atoms with Gasteiger partial charge in [0, 0.05) is 48.5 Å². The van der Waals surface area contributed by atoms with Gasteiger partial charge in [0.15, 0.2) is 16.6 Å². The minimum Gasteiger partial charge on any atom is -0.492 e. The molecule has 3 aliphatic heterocycles. The van der Waals surface area contributed by atoms with Crippen molar-refractivity contribution in [2.75, 3.05) is 32.8 Å². The fourth-order valence-corrected chi connectivity index (χ4v) is 6.09. The van der Waals surface area contributed by atoms with E-state index in [-0.39, 0.29) is 12.1 Å². The van der Waals surface area contributed by atoms with E-state index in [2.05, 4.69) is 47.0 Å². The molecule has 2 saturated heterocycles. The molecule has 5 heterocycles. The first-order valence-electron chi connectivity index (χ1n) is 12.1. The van der Waals surface area contributed by atoms with Crippen LogP contribution in [-0.2, 0) is 15.9 Å². The van der Waals surface area contributed by atoms with Crippen molar-refractivity contribution in [3.8, 4) is 27.8 Å². The number of fused-ring (bicyclic) bond motifs is 3. The van der Waals surface area contributed by atoms with Crippen LogP contribution >= 0.6 is 11.3 Å². The number of benzene rings is 1. The van der Waals surface area contributed by atoms with Gasteiger partial charge in [-0.3, -0.25) is 4.90 Å². The van der Waals surface area contributed by atoms with Crippen LogP contribution < -0.4 is 4.74 Å². The average molecular weight is 482 g/mol. The van der Waals surface area contributed by atoms with E-state index in [9.17, 15) is 0 Å². The van der Waals surface area contributed by atoms with Crippen molar-refractivity contribution in [2.45, 2.75) is 58.0 Å². The summed E-state index contributed by atoms with van der Waals surface area (Å²) in [5.41, 5.74) is 3.43. The fourth-order valence-electron chi connectivity index (χ4n) is 5.04. The predicted octanol–water partition coefficient (Wildman–Crippen LogP) is 4.14. The van der Waals surface area contributed by atoms with Crippen LogP contribution in [0.2, 0.25) is 0 Å². The summed E-state index contributed by atoms with van der Waals surface area (Å²) in [4.78, 5) is 13.2. The van der Waals surface area contributed by atoms with Gasteiger partial charge in [-0.1, -0.05) is 6.07 Å². The lowest BCUT2D eigenvalue weighted by atomic mass is 9.90. The highest BCUT2D eigenvalue weighted by Gasteiger charge is 2.37. The second-order valence-electron chi connectivity index (χ2n) is 10.1. The Bertz CT molecular complexity index is 1200. The SMILES string of the molecule is CC(C)n1ncnc1-c1nc2c(s1)CCOc1cc(C3CN(CC4COC(C)(C)O4)C3)ccc1-2. The van der Waals surface area contributed by atoms with E-state index in [1.165, 1.54) is 10.4 Å². The molecule has 2 aromatic heterocycles. The van der Waals surface area contributed by atoms with E-state index in [1.54, 1.807) is 17.7 Å². The lowest BCUT2D eigenvalue weighted by Crippen LogP contribution is -2.48. The van der Waals surface area contributed by atoms with Crippen molar-refractivity contribution in [1.82, 2.24) is 24.6 Å². The van der Waals surface area contributed by atoms with Crippen molar-refractivity contribution >= 4 is 11.3 Å². The van der Waals surface area contributed by atoms with E-state index in [1.807, 2.05) is 18.5 Å². The van der Waals surface area contributed by atoms with Gasteiger partial charge < -0.3 is 14.2 Å². The van der Waals surface area contributed by atoms with Gasteiger partial charge in [-0.05, 0) is 45.4 Å².